The number of fused-ring (bicyclic) bond motifs is 1. The third-order valence-electron chi connectivity index (χ3n) is 1.96. The van der Waals surface area contributed by atoms with Gasteiger partial charge in [0.1, 0.15) is 0 Å². The Morgan fingerprint density at radius 1 is 1.40 bits per heavy atom. The molecule has 0 amide bonds. The molecule has 4 nitrogen and oxygen atoms in total. The van der Waals surface area contributed by atoms with E-state index in [2.05, 4.69) is 9.97 Å². The Bertz CT molecular complexity index is 528. The van der Waals surface area contributed by atoms with Gasteiger partial charge in [0.25, 0.3) is 0 Å². The largest absolute Gasteiger partial charge is 0.480 e. The third kappa shape index (κ3) is 1.64. The summed E-state index contributed by atoms with van der Waals surface area (Å²) in [7, 11) is 1.48. The lowest BCUT2D eigenvalue weighted by molar-refractivity contribution is 0.111. The number of carbonyl (C=O) groups is 1. The van der Waals surface area contributed by atoms with Crippen molar-refractivity contribution in [2.45, 2.75) is 0 Å². The summed E-state index contributed by atoms with van der Waals surface area (Å²) in [5.74, 6) is 0.414. The van der Waals surface area contributed by atoms with Gasteiger partial charge in [-0.25, -0.2) is 4.98 Å². The minimum atomic E-state index is 0.0625. The summed E-state index contributed by atoms with van der Waals surface area (Å²) in [6.07, 6.45) is 0.561. The van der Waals surface area contributed by atoms with Crippen LogP contribution in [0.5, 0.6) is 5.88 Å². The van der Waals surface area contributed by atoms with Crippen LogP contribution < -0.4 is 4.74 Å². The number of nitrogens with zero attached hydrogens (tertiary/aromatic N) is 2. The molecule has 0 unspecified atom stereocenters. The number of benzene rings is 1. The van der Waals surface area contributed by atoms with Crippen molar-refractivity contribution < 1.29 is 9.53 Å². The second-order valence-corrected chi connectivity index (χ2v) is 3.25. The van der Waals surface area contributed by atoms with Crippen LogP contribution >= 0.6 is 11.6 Å². The van der Waals surface area contributed by atoms with Crippen LogP contribution in [0.25, 0.3) is 10.9 Å². The number of carbonyl (C=O) groups excluding carboxylic acids is 1. The number of aromatic nitrogens is 2. The van der Waals surface area contributed by atoms with Crippen LogP contribution in [-0.4, -0.2) is 23.4 Å². The average Bonchev–Trinajstić information content (AvgIpc) is 2.28. The van der Waals surface area contributed by atoms with E-state index in [0.717, 1.165) is 0 Å². The molecule has 2 rings (SSSR count). The number of rotatable bonds is 2. The van der Waals surface area contributed by atoms with Crippen molar-refractivity contribution in [1.82, 2.24) is 9.97 Å². The lowest BCUT2D eigenvalue weighted by Crippen LogP contribution is -1.98. The molecule has 76 valence electrons. The fraction of sp³-hybridized carbons (Fsp3) is 0.100. The molecule has 1 heterocycles. The topological polar surface area (TPSA) is 52.1 Å². The van der Waals surface area contributed by atoms with E-state index in [0.29, 0.717) is 28.1 Å². The maximum Gasteiger partial charge on any atom is 0.224 e. The fourth-order valence-corrected chi connectivity index (χ4v) is 1.53. The van der Waals surface area contributed by atoms with Crippen LogP contribution in [0.1, 0.15) is 10.6 Å². The van der Waals surface area contributed by atoms with Gasteiger partial charge in [0.2, 0.25) is 5.88 Å². The van der Waals surface area contributed by atoms with Gasteiger partial charge in [-0.15, -0.1) is 0 Å². The molecule has 0 N–H and O–H groups in total. The Balaban J connectivity index is 2.86. The molecule has 0 saturated heterocycles. The second kappa shape index (κ2) is 3.82. The number of hydrogen-bond donors (Lipinski definition) is 0. The molecule has 0 aliphatic carbocycles. The van der Waals surface area contributed by atoms with Crippen molar-refractivity contribution in [1.29, 1.82) is 0 Å². The highest BCUT2D eigenvalue weighted by Crippen LogP contribution is 2.27. The molecule has 1 aromatic carbocycles. The smallest absolute Gasteiger partial charge is 0.224 e. The van der Waals surface area contributed by atoms with Gasteiger partial charge in [-0.05, 0) is 12.1 Å². The molecule has 0 radical (unpaired) electrons. The first-order valence-corrected chi connectivity index (χ1v) is 4.59. The number of halogens is 1. The molecule has 0 bridgehead atoms. The van der Waals surface area contributed by atoms with Crippen molar-refractivity contribution >= 4 is 28.8 Å². The molecule has 5 heteroatoms. The van der Waals surface area contributed by atoms with E-state index in [4.69, 9.17) is 16.3 Å². The summed E-state index contributed by atoms with van der Waals surface area (Å²) in [4.78, 5) is 18.5. The minimum Gasteiger partial charge on any atom is -0.480 e. The Morgan fingerprint density at radius 3 is 2.87 bits per heavy atom. The first-order chi connectivity index (χ1) is 7.26. The van der Waals surface area contributed by atoms with Gasteiger partial charge in [0.15, 0.2) is 12.1 Å². The minimum absolute atomic E-state index is 0.0625. The molecule has 2 aromatic rings. The number of ether oxygens (including phenoxy) is 1. The highest BCUT2D eigenvalue weighted by atomic mass is 35.5. The second-order valence-electron chi connectivity index (χ2n) is 2.84. The molecule has 0 aliphatic rings. The van der Waals surface area contributed by atoms with Crippen LogP contribution in [0.3, 0.4) is 0 Å². The zero-order chi connectivity index (χ0) is 10.8. The number of hydrogen-bond acceptors (Lipinski definition) is 4. The van der Waals surface area contributed by atoms with Crippen LogP contribution in [-0.2, 0) is 0 Å². The average molecular weight is 223 g/mol. The van der Waals surface area contributed by atoms with Crippen molar-refractivity contribution in [3.8, 4) is 5.88 Å². The van der Waals surface area contributed by atoms with E-state index >= 15 is 0 Å². The standard InChI is InChI=1S/C10H7ClN2O2/c1-15-10-6-3-2-4-7(11)9(6)12-8(5-14)13-10/h2-5H,1H3. The maximum atomic E-state index is 10.6. The predicted molar refractivity (Wildman–Crippen MR) is 56.5 cm³/mol. The van der Waals surface area contributed by atoms with Gasteiger partial charge >= 0.3 is 0 Å². The van der Waals surface area contributed by atoms with Gasteiger partial charge in [-0.2, -0.15) is 4.98 Å². The Labute approximate surface area is 90.9 Å². The van der Waals surface area contributed by atoms with E-state index in [1.54, 1.807) is 18.2 Å². The van der Waals surface area contributed by atoms with Gasteiger partial charge in [-0.3, -0.25) is 4.79 Å². The summed E-state index contributed by atoms with van der Waals surface area (Å²) in [5, 5.41) is 1.16. The zero-order valence-corrected chi connectivity index (χ0v) is 8.65. The third-order valence-corrected chi connectivity index (χ3v) is 2.26. The quantitative estimate of drug-likeness (QED) is 0.731. The summed E-state index contributed by atoms with van der Waals surface area (Å²) in [5.41, 5.74) is 0.521. The predicted octanol–water partition coefficient (Wildman–Crippen LogP) is 2.10. The van der Waals surface area contributed by atoms with E-state index in [1.165, 1.54) is 7.11 Å². The molecule has 0 aliphatic heterocycles. The van der Waals surface area contributed by atoms with Gasteiger partial charge in [0, 0.05) is 0 Å². The lowest BCUT2D eigenvalue weighted by atomic mass is 10.2. The summed E-state index contributed by atoms with van der Waals surface area (Å²) >= 11 is 5.95. The van der Waals surface area contributed by atoms with Crippen LogP contribution in [0.15, 0.2) is 18.2 Å². The Kier molecular flexibility index (Phi) is 2.51. The SMILES string of the molecule is COc1nc(C=O)nc2c(Cl)cccc12. The Morgan fingerprint density at radius 2 is 2.20 bits per heavy atom. The zero-order valence-electron chi connectivity index (χ0n) is 7.90. The van der Waals surface area contributed by atoms with Crippen LogP contribution in [0.2, 0.25) is 5.02 Å². The van der Waals surface area contributed by atoms with Crippen molar-refractivity contribution in [2.75, 3.05) is 7.11 Å². The van der Waals surface area contributed by atoms with Crippen molar-refractivity contribution in [3.63, 3.8) is 0 Å². The van der Waals surface area contributed by atoms with E-state index in [9.17, 15) is 4.79 Å². The van der Waals surface area contributed by atoms with Gasteiger partial charge < -0.3 is 4.74 Å². The number of para-hydroxylation sites is 1. The molecule has 0 fully saturated rings. The summed E-state index contributed by atoms with van der Waals surface area (Å²) < 4.78 is 5.06. The first kappa shape index (κ1) is 9.86. The van der Waals surface area contributed by atoms with E-state index in [-0.39, 0.29) is 5.82 Å². The summed E-state index contributed by atoms with van der Waals surface area (Å²) in [6.45, 7) is 0. The lowest BCUT2D eigenvalue weighted by Gasteiger charge is -2.05. The van der Waals surface area contributed by atoms with Crippen molar-refractivity contribution in [2.24, 2.45) is 0 Å². The summed E-state index contributed by atoms with van der Waals surface area (Å²) in [6, 6.07) is 5.26. The Hall–Kier alpha value is -1.68. The molecule has 1 aromatic heterocycles. The molecular weight excluding hydrogens is 216 g/mol. The van der Waals surface area contributed by atoms with E-state index in [1.807, 2.05) is 0 Å². The molecule has 0 atom stereocenters. The monoisotopic (exact) mass is 222 g/mol. The van der Waals surface area contributed by atoms with Crippen LogP contribution in [0.4, 0.5) is 0 Å². The highest BCUT2D eigenvalue weighted by Gasteiger charge is 2.09. The van der Waals surface area contributed by atoms with Crippen LogP contribution in [0, 0.1) is 0 Å². The fourth-order valence-electron chi connectivity index (χ4n) is 1.31. The molecule has 0 saturated carbocycles. The molecule has 15 heavy (non-hydrogen) atoms. The maximum absolute atomic E-state index is 10.6. The van der Waals surface area contributed by atoms with Gasteiger partial charge in [0.05, 0.1) is 23.0 Å². The first-order valence-electron chi connectivity index (χ1n) is 4.21. The molecular formula is C10H7ClN2O2. The van der Waals surface area contributed by atoms with Gasteiger partial charge in [-0.1, -0.05) is 17.7 Å². The number of aldehydes is 1. The van der Waals surface area contributed by atoms with E-state index < -0.39 is 0 Å². The normalized spacial score (nSPS) is 10.3. The molecule has 0 spiro atoms. The highest BCUT2D eigenvalue weighted by molar-refractivity contribution is 6.35. The van der Waals surface area contributed by atoms with Crippen molar-refractivity contribution in [3.05, 3.63) is 29.0 Å². The number of methoxy groups -OCH3 is 1.